The van der Waals surface area contributed by atoms with Crippen LogP contribution in [0, 0.1) is 0 Å². The summed E-state index contributed by atoms with van der Waals surface area (Å²) in [5.41, 5.74) is 11.3. The number of hydrogen-bond donors (Lipinski definition) is 2. The van der Waals surface area contributed by atoms with E-state index >= 15 is 0 Å². The van der Waals surface area contributed by atoms with Crippen molar-refractivity contribution in [3.05, 3.63) is 29.8 Å². The van der Waals surface area contributed by atoms with Crippen LogP contribution in [0.2, 0.25) is 0 Å². The zero-order valence-corrected chi connectivity index (χ0v) is 13.4. The highest BCUT2D eigenvalue weighted by Crippen LogP contribution is 2.12. The molecule has 0 atom stereocenters. The number of hydrogen-bond acceptors (Lipinski definition) is 5. The first-order chi connectivity index (χ1) is 11.2. The second-order valence-corrected chi connectivity index (χ2v) is 5.35. The molecule has 0 unspecified atom stereocenters. The summed E-state index contributed by atoms with van der Waals surface area (Å²) in [6.07, 6.45) is 3.78. The second kappa shape index (κ2) is 9.81. The maximum Gasteiger partial charge on any atom is 0.211 e. The molecule has 0 bridgehead atoms. The van der Waals surface area contributed by atoms with Gasteiger partial charge in [-0.2, -0.15) is 5.10 Å². The minimum absolute atomic E-state index is 0.0571. The van der Waals surface area contributed by atoms with Crippen molar-refractivity contribution >= 4 is 12.2 Å². The molecule has 7 nitrogen and oxygen atoms in total. The maximum atomic E-state index is 5.74. The Morgan fingerprint density at radius 3 is 2.61 bits per heavy atom. The molecule has 1 fully saturated rings. The maximum absolute atomic E-state index is 5.74. The topological polar surface area (TPSA) is 98.5 Å². The molecule has 1 aliphatic rings. The fraction of sp³-hybridized carbons (Fsp3) is 0.500. The van der Waals surface area contributed by atoms with Crippen molar-refractivity contribution in [2.45, 2.75) is 12.8 Å². The van der Waals surface area contributed by atoms with Gasteiger partial charge in [-0.3, -0.25) is 4.90 Å². The Kier molecular flexibility index (Phi) is 7.35. The van der Waals surface area contributed by atoms with E-state index in [4.69, 9.17) is 20.9 Å². The summed E-state index contributed by atoms with van der Waals surface area (Å²) in [7, 11) is 0. The predicted molar refractivity (Wildman–Crippen MR) is 91.8 cm³/mol. The van der Waals surface area contributed by atoms with Crippen LogP contribution in [0.15, 0.2) is 34.5 Å². The summed E-state index contributed by atoms with van der Waals surface area (Å²) >= 11 is 0. The number of nitrogens with two attached hydrogens (primary N) is 2. The summed E-state index contributed by atoms with van der Waals surface area (Å²) in [4.78, 5) is 2.44. The van der Waals surface area contributed by atoms with Crippen molar-refractivity contribution in [1.82, 2.24) is 4.90 Å². The average Bonchev–Trinajstić information content (AvgIpc) is 2.56. The molecule has 0 saturated carbocycles. The molecule has 126 valence electrons. The Morgan fingerprint density at radius 1 is 1.17 bits per heavy atom. The molecule has 0 aromatic heterocycles. The third kappa shape index (κ3) is 7.12. The third-order valence-electron chi connectivity index (χ3n) is 3.50. The van der Waals surface area contributed by atoms with Crippen molar-refractivity contribution in [3.8, 4) is 5.75 Å². The van der Waals surface area contributed by atoms with Gasteiger partial charge in [0.2, 0.25) is 5.96 Å². The molecule has 0 aliphatic carbocycles. The van der Waals surface area contributed by atoms with E-state index in [2.05, 4.69) is 15.1 Å². The minimum Gasteiger partial charge on any atom is -0.494 e. The van der Waals surface area contributed by atoms with E-state index in [9.17, 15) is 0 Å². The fourth-order valence-electron chi connectivity index (χ4n) is 2.26. The number of unbranched alkanes of at least 4 members (excludes halogenated alkanes) is 1. The van der Waals surface area contributed by atoms with Crippen LogP contribution in [0.3, 0.4) is 0 Å². The van der Waals surface area contributed by atoms with E-state index in [0.717, 1.165) is 63.6 Å². The van der Waals surface area contributed by atoms with Crippen LogP contribution in [0.25, 0.3) is 0 Å². The van der Waals surface area contributed by atoms with Crippen LogP contribution >= 0.6 is 0 Å². The molecule has 0 radical (unpaired) electrons. The quantitative estimate of drug-likeness (QED) is 0.319. The van der Waals surface area contributed by atoms with Crippen molar-refractivity contribution in [1.29, 1.82) is 0 Å². The van der Waals surface area contributed by atoms with Gasteiger partial charge in [-0.05, 0) is 49.2 Å². The molecule has 1 aromatic rings. The Labute approximate surface area is 137 Å². The number of rotatable bonds is 8. The van der Waals surface area contributed by atoms with Gasteiger partial charge in [-0.15, -0.1) is 5.10 Å². The third-order valence-corrected chi connectivity index (χ3v) is 3.50. The zero-order chi connectivity index (χ0) is 16.3. The van der Waals surface area contributed by atoms with Gasteiger partial charge in [-0.25, -0.2) is 0 Å². The van der Waals surface area contributed by atoms with E-state index in [1.54, 1.807) is 6.21 Å². The van der Waals surface area contributed by atoms with Gasteiger partial charge in [0.05, 0.1) is 26.0 Å². The summed E-state index contributed by atoms with van der Waals surface area (Å²) < 4.78 is 11.1. The van der Waals surface area contributed by atoms with Crippen LogP contribution in [0.4, 0.5) is 0 Å². The molecule has 0 spiro atoms. The van der Waals surface area contributed by atoms with Gasteiger partial charge in [-0.1, -0.05) is 0 Å². The number of morpholine rings is 1. The molecule has 2 rings (SSSR count). The standard InChI is InChI=1S/C16H25N5O2/c17-16(18)20-19-13-14-3-5-15(6-4-14)23-10-2-1-7-21-8-11-22-12-9-21/h3-6,13H,1-2,7-12H2,(H4,17,18,20). The Hall–Kier alpha value is -2.12. The van der Waals surface area contributed by atoms with E-state index < -0.39 is 0 Å². The van der Waals surface area contributed by atoms with E-state index in [-0.39, 0.29) is 5.96 Å². The minimum atomic E-state index is -0.0571. The van der Waals surface area contributed by atoms with Gasteiger partial charge >= 0.3 is 0 Å². The average molecular weight is 319 g/mol. The normalized spacial score (nSPS) is 15.7. The van der Waals surface area contributed by atoms with Crippen LogP contribution in [0.5, 0.6) is 5.75 Å². The van der Waals surface area contributed by atoms with Crippen LogP contribution in [-0.4, -0.2) is 56.5 Å². The molecule has 1 saturated heterocycles. The van der Waals surface area contributed by atoms with Crippen molar-refractivity contribution < 1.29 is 9.47 Å². The van der Waals surface area contributed by atoms with E-state index in [1.165, 1.54) is 0 Å². The molecule has 23 heavy (non-hydrogen) atoms. The van der Waals surface area contributed by atoms with Crippen molar-refractivity contribution in [3.63, 3.8) is 0 Å². The highest BCUT2D eigenvalue weighted by atomic mass is 16.5. The van der Waals surface area contributed by atoms with E-state index in [0.29, 0.717) is 0 Å². The van der Waals surface area contributed by atoms with Crippen molar-refractivity contribution in [2.24, 2.45) is 21.7 Å². The first-order valence-electron chi connectivity index (χ1n) is 7.89. The first-order valence-corrected chi connectivity index (χ1v) is 7.89. The number of guanidine groups is 1. The summed E-state index contributed by atoms with van der Waals surface area (Å²) in [6, 6.07) is 7.65. The first kappa shape index (κ1) is 17.2. The van der Waals surface area contributed by atoms with Gasteiger partial charge in [0, 0.05) is 13.1 Å². The predicted octanol–water partition coefficient (Wildman–Crippen LogP) is 0.785. The highest BCUT2D eigenvalue weighted by molar-refractivity contribution is 5.81. The largest absolute Gasteiger partial charge is 0.494 e. The lowest BCUT2D eigenvalue weighted by Crippen LogP contribution is -2.36. The lowest BCUT2D eigenvalue weighted by atomic mass is 10.2. The molecule has 0 amide bonds. The molecular weight excluding hydrogens is 294 g/mol. The monoisotopic (exact) mass is 319 g/mol. The SMILES string of the molecule is NC(N)=NN=Cc1ccc(OCCCCN2CCOCC2)cc1. The van der Waals surface area contributed by atoms with Gasteiger partial charge in [0.15, 0.2) is 0 Å². The lowest BCUT2D eigenvalue weighted by molar-refractivity contribution is 0.0368. The van der Waals surface area contributed by atoms with Gasteiger partial charge in [0.1, 0.15) is 5.75 Å². The lowest BCUT2D eigenvalue weighted by Gasteiger charge is -2.26. The van der Waals surface area contributed by atoms with Gasteiger partial charge < -0.3 is 20.9 Å². The number of ether oxygens (including phenoxy) is 2. The molecule has 7 heteroatoms. The molecular formula is C16H25N5O2. The van der Waals surface area contributed by atoms with Crippen LogP contribution in [0.1, 0.15) is 18.4 Å². The number of benzene rings is 1. The summed E-state index contributed by atoms with van der Waals surface area (Å²) in [6.45, 7) is 5.65. The Bertz CT molecular complexity index is 506. The molecule has 1 aromatic carbocycles. The molecule has 1 aliphatic heterocycles. The van der Waals surface area contributed by atoms with Gasteiger partial charge in [0.25, 0.3) is 0 Å². The summed E-state index contributed by atoms with van der Waals surface area (Å²) in [5.74, 6) is 0.800. The Balaban J connectivity index is 1.62. The zero-order valence-electron chi connectivity index (χ0n) is 13.4. The number of nitrogens with zero attached hydrogens (tertiary/aromatic N) is 3. The highest BCUT2D eigenvalue weighted by Gasteiger charge is 2.08. The Morgan fingerprint density at radius 2 is 1.91 bits per heavy atom. The van der Waals surface area contributed by atoms with Crippen LogP contribution < -0.4 is 16.2 Å². The molecule has 4 N–H and O–H groups in total. The second-order valence-electron chi connectivity index (χ2n) is 5.35. The molecule has 1 heterocycles. The smallest absolute Gasteiger partial charge is 0.211 e. The van der Waals surface area contributed by atoms with Crippen LogP contribution in [-0.2, 0) is 4.74 Å². The van der Waals surface area contributed by atoms with Crippen molar-refractivity contribution in [2.75, 3.05) is 39.5 Å². The fourth-order valence-corrected chi connectivity index (χ4v) is 2.26. The summed E-state index contributed by atoms with van der Waals surface area (Å²) in [5, 5.41) is 7.31. The van der Waals surface area contributed by atoms with E-state index in [1.807, 2.05) is 24.3 Å².